The molecule has 0 aliphatic carbocycles. The fraction of sp³-hybridized carbons (Fsp3) is 0.632. The van der Waals surface area contributed by atoms with E-state index >= 15 is 0 Å². The lowest BCUT2D eigenvalue weighted by Crippen LogP contribution is -2.47. The minimum Gasteiger partial charge on any atom is -0.381 e. The third-order valence-electron chi connectivity index (χ3n) is 4.71. The van der Waals surface area contributed by atoms with Crippen molar-refractivity contribution in [2.24, 2.45) is 11.7 Å². The molecule has 1 aliphatic rings. The molecule has 5 heteroatoms. The molecule has 136 valence electrons. The van der Waals surface area contributed by atoms with Crippen LogP contribution in [0.5, 0.6) is 0 Å². The molecule has 24 heavy (non-hydrogen) atoms. The van der Waals surface area contributed by atoms with E-state index in [9.17, 15) is 4.79 Å². The standard InChI is InChI=1S/C19H30N2O2.ClH/c1-13(14-5-7-16(8-6-14)19(2,3)4)21-18(22)17(20)15-9-11-23-12-10-15;/h5-8,13,15,17H,9-12,20H2,1-4H3,(H,21,22);1H. The van der Waals surface area contributed by atoms with Gasteiger partial charge in [0.2, 0.25) is 5.91 Å². The second-order valence-corrected chi connectivity index (χ2v) is 7.58. The van der Waals surface area contributed by atoms with E-state index in [0.29, 0.717) is 13.2 Å². The zero-order chi connectivity index (χ0) is 17.0. The maximum atomic E-state index is 12.4. The smallest absolute Gasteiger partial charge is 0.237 e. The predicted octanol–water partition coefficient (Wildman–Crippen LogP) is 3.34. The minimum atomic E-state index is -0.449. The van der Waals surface area contributed by atoms with Crippen molar-refractivity contribution >= 4 is 18.3 Å². The second kappa shape index (κ2) is 8.84. The summed E-state index contributed by atoms with van der Waals surface area (Å²) in [6.45, 7) is 9.99. The van der Waals surface area contributed by atoms with Crippen molar-refractivity contribution in [1.29, 1.82) is 0 Å². The van der Waals surface area contributed by atoms with Crippen molar-refractivity contribution < 1.29 is 9.53 Å². The Kier molecular flexibility index (Phi) is 7.71. The Hall–Kier alpha value is -1.10. The van der Waals surface area contributed by atoms with Gasteiger partial charge in [-0.15, -0.1) is 12.4 Å². The molecule has 1 fully saturated rings. The zero-order valence-corrected chi connectivity index (χ0v) is 16.0. The molecular formula is C19H31ClN2O2. The van der Waals surface area contributed by atoms with E-state index in [2.05, 4.69) is 50.4 Å². The topological polar surface area (TPSA) is 64.4 Å². The zero-order valence-electron chi connectivity index (χ0n) is 15.2. The number of benzene rings is 1. The molecule has 0 aromatic heterocycles. The number of rotatable bonds is 4. The maximum Gasteiger partial charge on any atom is 0.237 e. The van der Waals surface area contributed by atoms with Gasteiger partial charge in [-0.25, -0.2) is 0 Å². The number of hydrogen-bond acceptors (Lipinski definition) is 3. The first kappa shape index (κ1) is 20.9. The Bertz CT molecular complexity index is 519. The van der Waals surface area contributed by atoms with Crippen LogP contribution in [0.3, 0.4) is 0 Å². The highest BCUT2D eigenvalue weighted by Crippen LogP contribution is 2.24. The molecule has 0 spiro atoms. The summed E-state index contributed by atoms with van der Waals surface area (Å²) in [5.41, 5.74) is 8.66. The van der Waals surface area contributed by atoms with Gasteiger partial charge < -0.3 is 15.8 Å². The molecule has 1 amide bonds. The van der Waals surface area contributed by atoms with Crippen molar-refractivity contribution in [2.45, 2.75) is 58.0 Å². The molecule has 1 saturated heterocycles. The van der Waals surface area contributed by atoms with Gasteiger partial charge in [0.1, 0.15) is 0 Å². The van der Waals surface area contributed by atoms with Crippen LogP contribution >= 0.6 is 12.4 Å². The number of carbonyl (C=O) groups excluding carboxylic acids is 1. The predicted molar refractivity (Wildman–Crippen MR) is 100 cm³/mol. The number of nitrogens with one attached hydrogen (secondary N) is 1. The maximum absolute atomic E-state index is 12.4. The monoisotopic (exact) mass is 354 g/mol. The lowest BCUT2D eigenvalue weighted by Gasteiger charge is -2.28. The lowest BCUT2D eigenvalue weighted by atomic mass is 9.86. The Labute approximate surface area is 151 Å². The van der Waals surface area contributed by atoms with Gasteiger partial charge in [-0.2, -0.15) is 0 Å². The normalized spacial score (nSPS) is 18.4. The first-order chi connectivity index (χ1) is 10.8. The van der Waals surface area contributed by atoms with E-state index in [1.807, 2.05) is 6.92 Å². The third kappa shape index (κ3) is 5.47. The van der Waals surface area contributed by atoms with E-state index in [1.165, 1.54) is 5.56 Å². The molecule has 2 rings (SSSR count). The van der Waals surface area contributed by atoms with Gasteiger partial charge in [0.05, 0.1) is 12.1 Å². The number of halogens is 1. The van der Waals surface area contributed by atoms with Crippen molar-refractivity contribution in [2.75, 3.05) is 13.2 Å². The third-order valence-corrected chi connectivity index (χ3v) is 4.71. The molecule has 1 aromatic rings. The lowest BCUT2D eigenvalue weighted by molar-refractivity contribution is -0.125. The van der Waals surface area contributed by atoms with Gasteiger partial charge in [0.25, 0.3) is 0 Å². The van der Waals surface area contributed by atoms with Gasteiger partial charge in [0, 0.05) is 13.2 Å². The van der Waals surface area contributed by atoms with Crippen molar-refractivity contribution in [3.8, 4) is 0 Å². The van der Waals surface area contributed by atoms with E-state index < -0.39 is 6.04 Å². The Morgan fingerprint density at radius 1 is 1.21 bits per heavy atom. The van der Waals surface area contributed by atoms with Crippen LogP contribution < -0.4 is 11.1 Å². The summed E-state index contributed by atoms with van der Waals surface area (Å²) in [7, 11) is 0. The fourth-order valence-electron chi connectivity index (χ4n) is 2.95. The number of amides is 1. The summed E-state index contributed by atoms with van der Waals surface area (Å²) in [5, 5.41) is 3.05. The van der Waals surface area contributed by atoms with Crippen molar-refractivity contribution in [1.82, 2.24) is 5.32 Å². The van der Waals surface area contributed by atoms with Gasteiger partial charge in [-0.05, 0) is 42.2 Å². The van der Waals surface area contributed by atoms with E-state index in [-0.39, 0.29) is 35.7 Å². The quantitative estimate of drug-likeness (QED) is 0.871. The van der Waals surface area contributed by atoms with Crippen LogP contribution in [0, 0.1) is 5.92 Å². The largest absolute Gasteiger partial charge is 0.381 e. The van der Waals surface area contributed by atoms with Gasteiger partial charge in [-0.3, -0.25) is 4.79 Å². The number of hydrogen-bond donors (Lipinski definition) is 2. The van der Waals surface area contributed by atoms with Crippen LogP contribution in [0.2, 0.25) is 0 Å². The van der Waals surface area contributed by atoms with Crippen molar-refractivity contribution in [3.05, 3.63) is 35.4 Å². The molecule has 3 N–H and O–H groups in total. The highest BCUT2D eigenvalue weighted by molar-refractivity contribution is 5.85. The summed E-state index contributed by atoms with van der Waals surface area (Å²) >= 11 is 0. The van der Waals surface area contributed by atoms with Gasteiger partial charge in [-0.1, -0.05) is 45.0 Å². The van der Waals surface area contributed by atoms with Crippen LogP contribution in [-0.4, -0.2) is 25.2 Å². The Morgan fingerprint density at radius 3 is 2.25 bits per heavy atom. The van der Waals surface area contributed by atoms with E-state index in [4.69, 9.17) is 10.5 Å². The molecular weight excluding hydrogens is 324 g/mol. The summed E-state index contributed by atoms with van der Waals surface area (Å²) in [5.74, 6) is 0.156. The molecule has 0 radical (unpaired) electrons. The number of ether oxygens (including phenoxy) is 1. The summed E-state index contributed by atoms with van der Waals surface area (Å²) in [6, 6.07) is 7.96. The SMILES string of the molecule is CC(NC(=O)C(N)C1CCOCC1)c1ccc(C(C)(C)C)cc1.Cl. The summed E-state index contributed by atoms with van der Waals surface area (Å²) < 4.78 is 5.33. The summed E-state index contributed by atoms with van der Waals surface area (Å²) in [4.78, 5) is 12.4. The molecule has 1 aliphatic heterocycles. The Balaban J connectivity index is 0.00000288. The van der Waals surface area contributed by atoms with Crippen LogP contribution in [0.25, 0.3) is 0 Å². The molecule has 0 saturated carbocycles. The highest BCUT2D eigenvalue weighted by atomic mass is 35.5. The van der Waals surface area contributed by atoms with Crippen LogP contribution in [-0.2, 0) is 14.9 Å². The average Bonchev–Trinajstić information content (AvgIpc) is 2.54. The van der Waals surface area contributed by atoms with Gasteiger partial charge in [0.15, 0.2) is 0 Å². The Morgan fingerprint density at radius 2 is 1.75 bits per heavy atom. The molecule has 0 bridgehead atoms. The fourth-order valence-corrected chi connectivity index (χ4v) is 2.95. The minimum absolute atomic E-state index is 0. The van der Waals surface area contributed by atoms with Crippen LogP contribution in [0.4, 0.5) is 0 Å². The molecule has 2 atom stereocenters. The van der Waals surface area contributed by atoms with Crippen LogP contribution in [0.15, 0.2) is 24.3 Å². The second-order valence-electron chi connectivity index (χ2n) is 7.58. The van der Waals surface area contributed by atoms with Gasteiger partial charge >= 0.3 is 0 Å². The average molecular weight is 355 g/mol. The van der Waals surface area contributed by atoms with E-state index in [1.54, 1.807) is 0 Å². The molecule has 2 unspecified atom stereocenters. The number of carbonyl (C=O) groups is 1. The van der Waals surface area contributed by atoms with Crippen molar-refractivity contribution in [3.63, 3.8) is 0 Å². The van der Waals surface area contributed by atoms with E-state index in [0.717, 1.165) is 18.4 Å². The van der Waals surface area contributed by atoms with Crippen LogP contribution in [0.1, 0.15) is 57.7 Å². The highest BCUT2D eigenvalue weighted by Gasteiger charge is 2.27. The molecule has 1 aromatic carbocycles. The number of nitrogens with two attached hydrogens (primary N) is 1. The molecule has 4 nitrogen and oxygen atoms in total. The summed E-state index contributed by atoms with van der Waals surface area (Å²) in [6.07, 6.45) is 1.73. The molecule has 1 heterocycles. The first-order valence-corrected chi connectivity index (χ1v) is 8.53. The first-order valence-electron chi connectivity index (χ1n) is 8.53.